The summed E-state index contributed by atoms with van der Waals surface area (Å²) in [7, 11) is 1.68. The van der Waals surface area contributed by atoms with Crippen LogP contribution in [0.2, 0.25) is 0 Å². The van der Waals surface area contributed by atoms with E-state index in [2.05, 4.69) is 5.32 Å². The highest BCUT2D eigenvalue weighted by Crippen LogP contribution is 2.24. The second kappa shape index (κ2) is 3.83. The van der Waals surface area contributed by atoms with Gasteiger partial charge < -0.3 is 5.32 Å². The van der Waals surface area contributed by atoms with E-state index in [4.69, 9.17) is 0 Å². The molecule has 0 aliphatic rings. The van der Waals surface area contributed by atoms with Crippen LogP contribution >= 0.6 is 0 Å². The van der Waals surface area contributed by atoms with E-state index in [1.54, 1.807) is 7.05 Å². The molecule has 1 unspecified atom stereocenters. The lowest BCUT2D eigenvalue weighted by molar-refractivity contribution is 0.190. The van der Waals surface area contributed by atoms with Crippen molar-refractivity contribution in [3.8, 4) is 0 Å². The van der Waals surface area contributed by atoms with Gasteiger partial charge in [0.25, 0.3) is 0 Å². The van der Waals surface area contributed by atoms with Gasteiger partial charge in [0.2, 0.25) is 0 Å². The van der Waals surface area contributed by atoms with E-state index in [1.165, 1.54) is 31.2 Å². The fourth-order valence-corrected chi connectivity index (χ4v) is 1.23. The molecule has 1 N–H and O–H groups in total. The van der Waals surface area contributed by atoms with E-state index in [0.717, 1.165) is 0 Å². The van der Waals surface area contributed by atoms with Gasteiger partial charge in [0.15, 0.2) is 0 Å². The van der Waals surface area contributed by atoms with Crippen molar-refractivity contribution in [2.45, 2.75) is 12.6 Å². The highest BCUT2D eigenvalue weighted by atomic mass is 19.1. The average molecular weight is 185 g/mol. The Hall–Kier alpha value is -0.960. The van der Waals surface area contributed by atoms with Crippen LogP contribution in [0.1, 0.15) is 12.5 Å². The summed E-state index contributed by atoms with van der Waals surface area (Å²) in [6.45, 7) is 1.69. The maximum Gasteiger partial charge on any atom is 0.145 e. The van der Waals surface area contributed by atoms with Crippen LogP contribution in [0.3, 0.4) is 0 Å². The van der Waals surface area contributed by atoms with Crippen molar-refractivity contribution < 1.29 is 8.78 Å². The molecule has 0 fully saturated rings. The Morgan fingerprint density at radius 3 is 2.31 bits per heavy atom. The third-order valence-electron chi connectivity index (χ3n) is 1.95. The van der Waals surface area contributed by atoms with Gasteiger partial charge in [-0.15, -0.1) is 0 Å². The third kappa shape index (κ3) is 2.49. The lowest BCUT2D eigenvalue weighted by atomic mass is 9.98. The van der Waals surface area contributed by atoms with Crippen LogP contribution in [0.5, 0.6) is 0 Å². The standard InChI is InChI=1S/C10H13F2N/c1-10(12,7-13-2)8-3-5-9(11)6-4-8/h3-6,13H,7H2,1-2H3. The molecule has 0 aliphatic heterocycles. The molecule has 1 aromatic rings. The number of benzene rings is 1. The first-order chi connectivity index (χ1) is 6.06. The van der Waals surface area contributed by atoms with Crippen molar-refractivity contribution in [3.05, 3.63) is 35.6 Å². The molecule has 1 rings (SSSR count). The smallest absolute Gasteiger partial charge is 0.145 e. The minimum atomic E-state index is -1.44. The first-order valence-corrected chi connectivity index (χ1v) is 4.16. The summed E-state index contributed by atoms with van der Waals surface area (Å²) in [4.78, 5) is 0. The van der Waals surface area contributed by atoms with Crippen LogP contribution in [-0.2, 0) is 5.67 Å². The molecule has 0 radical (unpaired) electrons. The Balaban J connectivity index is 2.87. The van der Waals surface area contributed by atoms with Crippen LogP contribution < -0.4 is 5.32 Å². The highest BCUT2D eigenvalue weighted by Gasteiger charge is 2.24. The first-order valence-electron chi connectivity index (χ1n) is 4.16. The molecule has 1 nitrogen and oxygen atoms in total. The number of alkyl halides is 1. The summed E-state index contributed by atoms with van der Waals surface area (Å²) >= 11 is 0. The van der Waals surface area contributed by atoms with Crippen LogP contribution in [0.15, 0.2) is 24.3 Å². The Labute approximate surface area is 76.8 Å². The maximum atomic E-state index is 13.8. The molecule has 0 heterocycles. The van der Waals surface area contributed by atoms with Crippen molar-refractivity contribution in [2.24, 2.45) is 0 Å². The maximum absolute atomic E-state index is 13.8. The summed E-state index contributed by atoms with van der Waals surface area (Å²) in [6, 6.07) is 5.46. The second-order valence-electron chi connectivity index (χ2n) is 3.23. The van der Waals surface area contributed by atoms with Gasteiger partial charge in [-0.1, -0.05) is 12.1 Å². The zero-order valence-corrected chi connectivity index (χ0v) is 7.77. The molecular weight excluding hydrogens is 172 g/mol. The molecule has 0 spiro atoms. The van der Waals surface area contributed by atoms with E-state index in [-0.39, 0.29) is 12.4 Å². The van der Waals surface area contributed by atoms with Crippen LogP contribution in [0.4, 0.5) is 8.78 Å². The van der Waals surface area contributed by atoms with Gasteiger partial charge in [0.05, 0.1) is 0 Å². The Morgan fingerprint density at radius 1 is 1.31 bits per heavy atom. The van der Waals surface area contributed by atoms with Crippen molar-refractivity contribution in [2.75, 3.05) is 13.6 Å². The monoisotopic (exact) mass is 185 g/mol. The van der Waals surface area contributed by atoms with E-state index in [9.17, 15) is 8.78 Å². The number of hydrogen-bond acceptors (Lipinski definition) is 1. The lowest BCUT2D eigenvalue weighted by Crippen LogP contribution is -2.29. The van der Waals surface area contributed by atoms with Gasteiger partial charge in [0, 0.05) is 6.54 Å². The topological polar surface area (TPSA) is 12.0 Å². The summed E-state index contributed by atoms with van der Waals surface area (Å²) < 4.78 is 26.3. The quantitative estimate of drug-likeness (QED) is 0.761. The fraction of sp³-hybridized carbons (Fsp3) is 0.400. The minimum Gasteiger partial charge on any atom is -0.316 e. The molecule has 0 bridgehead atoms. The largest absolute Gasteiger partial charge is 0.316 e. The van der Waals surface area contributed by atoms with Gasteiger partial charge in [-0.3, -0.25) is 0 Å². The number of hydrogen-bond donors (Lipinski definition) is 1. The van der Waals surface area contributed by atoms with Crippen molar-refractivity contribution >= 4 is 0 Å². The van der Waals surface area contributed by atoms with Gasteiger partial charge in [-0.2, -0.15) is 0 Å². The predicted octanol–water partition coefficient (Wildman–Crippen LogP) is 2.23. The van der Waals surface area contributed by atoms with Crippen molar-refractivity contribution in [1.29, 1.82) is 0 Å². The SMILES string of the molecule is CNCC(C)(F)c1ccc(F)cc1. The molecular formula is C10H13F2N. The van der Waals surface area contributed by atoms with Crippen molar-refractivity contribution in [1.82, 2.24) is 5.32 Å². The molecule has 3 heteroatoms. The van der Waals surface area contributed by atoms with Crippen LogP contribution in [0.25, 0.3) is 0 Å². The van der Waals surface area contributed by atoms with E-state index in [1.807, 2.05) is 0 Å². The Bertz CT molecular complexity index is 267. The van der Waals surface area contributed by atoms with Gasteiger partial charge in [0.1, 0.15) is 11.5 Å². The van der Waals surface area contributed by atoms with Gasteiger partial charge >= 0.3 is 0 Å². The Morgan fingerprint density at radius 2 is 1.85 bits per heavy atom. The van der Waals surface area contributed by atoms with E-state index < -0.39 is 5.67 Å². The van der Waals surface area contributed by atoms with Gasteiger partial charge in [-0.25, -0.2) is 8.78 Å². The lowest BCUT2D eigenvalue weighted by Gasteiger charge is -2.20. The number of halogens is 2. The molecule has 72 valence electrons. The second-order valence-corrected chi connectivity index (χ2v) is 3.23. The number of likely N-dealkylation sites (N-methyl/N-ethyl adjacent to an activating group) is 1. The average Bonchev–Trinajstić information content (AvgIpc) is 2.05. The summed E-state index contributed by atoms with van der Waals surface area (Å²) in [6.07, 6.45) is 0. The number of nitrogens with one attached hydrogen (secondary N) is 1. The van der Waals surface area contributed by atoms with E-state index in [0.29, 0.717) is 5.56 Å². The van der Waals surface area contributed by atoms with Crippen LogP contribution in [0, 0.1) is 5.82 Å². The minimum absolute atomic E-state index is 0.221. The molecule has 1 aromatic carbocycles. The molecule has 1 atom stereocenters. The molecule has 0 amide bonds. The summed E-state index contributed by atoms with van der Waals surface area (Å²) in [5, 5.41) is 2.75. The predicted molar refractivity (Wildman–Crippen MR) is 48.8 cm³/mol. The van der Waals surface area contributed by atoms with E-state index >= 15 is 0 Å². The van der Waals surface area contributed by atoms with Gasteiger partial charge in [-0.05, 0) is 31.7 Å². The summed E-state index contributed by atoms with van der Waals surface area (Å²) in [5.74, 6) is -0.344. The zero-order chi connectivity index (χ0) is 9.90. The highest BCUT2D eigenvalue weighted by molar-refractivity contribution is 5.22. The zero-order valence-electron chi connectivity index (χ0n) is 7.77. The number of rotatable bonds is 3. The fourth-order valence-electron chi connectivity index (χ4n) is 1.23. The Kier molecular flexibility index (Phi) is 2.98. The molecule has 0 saturated heterocycles. The van der Waals surface area contributed by atoms with Crippen LogP contribution in [-0.4, -0.2) is 13.6 Å². The first kappa shape index (κ1) is 10.1. The summed E-state index contributed by atoms with van der Waals surface area (Å²) in [5.41, 5.74) is -0.953. The molecule has 0 aromatic heterocycles. The molecule has 13 heavy (non-hydrogen) atoms. The molecule has 0 aliphatic carbocycles. The molecule has 0 saturated carbocycles. The van der Waals surface area contributed by atoms with Crippen molar-refractivity contribution in [3.63, 3.8) is 0 Å². The normalized spacial score (nSPS) is 15.4. The third-order valence-corrected chi connectivity index (χ3v) is 1.95.